The second kappa shape index (κ2) is 12.5. The fourth-order valence-corrected chi connectivity index (χ4v) is 5.08. The molecule has 41 heavy (non-hydrogen) atoms. The summed E-state index contributed by atoms with van der Waals surface area (Å²) in [5, 5.41) is 7.76. The number of hydrogen-bond acceptors (Lipinski definition) is 9. The molecular formula is C29H33F2N7O3. The highest BCUT2D eigenvalue weighted by molar-refractivity contribution is 6.02. The number of anilines is 5. The highest BCUT2D eigenvalue weighted by Gasteiger charge is 2.30. The standard InChI is InChI=1S/C29H33F2N7O3/c1-4-29(39)35-22-15-23(26(40-3)16-25(22)37-11-9-36(5-2)10-12-37)34-27-17-28(33-18-32-27)38-24(8-13-41-38)19-6-7-20(30)21(31)14-19/h4,6-7,14-18,24H,1,5,8-13H2,2-3H3,(H,35,39)(H,32,33,34). The third-order valence-corrected chi connectivity index (χ3v) is 7.30. The van der Waals surface area contributed by atoms with Crippen LogP contribution in [0.3, 0.4) is 0 Å². The largest absolute Gasteiger partial charge is 0.494 e. The van der Waals surface area contributed by atoms with E-state index in [-0.39, 0.29) is 11.9 Å². The lowest BCUT2D eigenvalue weighted by molar-refractivity contribution is -0.111. The first kappa shape index (κ1) is 28.2. The van der Waals surface area contributed by atoms with Gasteiger partial charge < -0.3 is 25.2 Å². The Hall–Kier alpha value is -4.29. The van der Waals surface area contributed by atoms with Gasteiger partial charge in [-0.2, -0.15) is 0 Å². The number of nitrogens with one attached hydrogen (secondary N) is 2. The maximum absolute atomic E-state index is 13.9. The van der Waals surface area contributed by atoms with E-state index in [2.05, 4.69) is 43.9 Å². The van der Waals surface area contributed by atoms with Crippen LogP contribution in [0.2, 0.25) is 0 Å². The van der Waals surface area contributed by atoms with Gasteiger partial charge in [0.1, 0.15) is 17.9 Å². The second-order valence-electron chi connectivity index (χ2n) is 9.71. The number of piperazine rings is 1. The van der Waals surface area contributed by atoms with Crippen LogP contribution in [-0.4, -0.2) is 67.2 Å². The van der Waals surface area contributed by atoms with Crippen molar-refractivity contribution < 1.29 is 23.1 Å². The van der Waals surface area contributed by atoms with Crippen LogP contribution in [0.1, 0.15) is 24.9 Å². The molecule has 0 saturated carbocycles. The first-order valence-corrected chi connectivity index (χ1v) is 13.5. The van der Waals surface area contributed by atoms with Gasteiger partial charge in [-0.25, -0.2) is 23.8 Å². The molecule has 2 N–H and O–H groups in total. The predicted molar refractivity (Wildman–Crippen MR) is 154 cm³/mol. The van der Waals surface area contributed by atoms with Gasteiger partial charge in [-0.05, 0) is 36.4 Å². The Morgan fingerprint density at radius 3 is 2.63 bits per heavy atom. The molecule has 2 aromatic carbocycles. The molecule has 0 bridgehead atoms. The van der Waals surface area contributed by atoms with Crippen LogP contribution in [0.15, 0.2) is 55.4 Å². The predicted octanol–water partition coefficient (Wildman–Crippen LogP) is 4.66. The summed E-state index contributed by atoms with van der Waals surface area (Å²) in [5.41, 5.74) is 2.61. The molecule has 5 rings (SSSR count). The molecule has 2 aliphatic heterocycles. The molecule has 2 aliphatic rings. The van der Waals surface area contributed by atoms with E-state index < -0.39 is 11.6 Å². The van der Waals surface area contributed by atoms with E-state index in [1.54, 1.807) is 30.4 Å². The average Bonchev–Trinajstić information content (AvgIpc) is 3.49. The molecule has 0 spiro atoms. The number of methoxy groups -OCH3 is 1. The Morgan fingerprint density at radius 1 is 1.12 bits per heavy atom. The Labute approximate surface area is 237 Å². The quantitative estimate of drug-likeness (QED) is 0.360. The maximum Gasteiger partial charge on any atom is 0.247 e. The monoisotopic (exact) mass is 565 g/mol. The lowest BCUT2D eigenvalue weighted by Crippen LogP contribution is -2.46. The molecule has 2 fully saturated rings. The average molecular weight is 566 g/mol. The maximum atomic E-state index is 13.9. The molecule has 1 aromatic heterocycles. The molecule has 1 atom stereocenters. The minimum Gasteiger partial charge on any atom is -0.494 e. The molecule has 3 aromatic rings. The fraction of sp³-hybridized carbons (Fsp3) is 0.345. The number of benzene rings is 2. The van der Waals surface area contributed by atoms with Gasteiger partial charge in [-0.1, -0.05) is 19.6 Å². The Bertz CT molecular complexity index is 1420. The summed E-state index contributed by atoms with van der Waals surface area (Å²) in [6.07, 6.45) is 3.19. The van der Waals surface area contributed by atoms with E-state index >= 15 is 0 Å². The number of rotatable bonds is 9. The van der Waals surface area contributed by atoms with Crippen LogP contribution in [0.25, 0.3) is 0 Å². The van der Waals surface area contributed by atoms with Crippen molar-refractivity contribution in [1.82, 2.24) is 14.9 Å². The highest BCUT2D eigenvalue weighted by Crippen LogP contribution is 2.40. The van der Waals surface area contributed by atoms with Gasteiger partial charge in [0.05, 0.1) is 36.8 Å². The summed E-state index contributed by atoms with van der Waals surface area (Å²) in [4.78, 5) is 31.4. The molecule has 3 heterocycles. The SMILES string of the molecule is C=CC(=O)Nc1cc(Nc2cc(N3OCCC3c3ccc(F)c(F)c3)ncn2)c(OC)cc1N1CCN(CC)CC1. The van der Waals surface area contributed by atoms with E-state index in [4.69, 9.17) is 9.57 Å². The van der Waals surface area contributed by atoms with Crippen molar-refractivity contribution in [2.45, 2.75) is 19.4 Å². The molecule has 12 heteroatoms. The number of amides is 1. The smallest absolute Gasteiger partial charge is 0.247 e. The Balaban J connectivity index is 1.43. The van der Waals surface area contributed by atoms with Crippen LogP contribution in [0.5, 0.6) is 5.75 Å². The zero-order chi connectivity index (χ0) is 28.9. The van der Waals surface area contributed by atoms with E-state index in [0.29, 0.717) is 47.4 Å². The lowest BCUT2D eigenvalue weighted by atomic mass is 10.0. The van der Waals surface area contributed by atoms with Gasteiger partial charge in [-0.3, -0.25) is 9.63 Å². The number of ether oxygens (including phenoxy) is 1. The third-order valence-electron chi connectivity index (χ3n) is 7.30. The number of carbonyl (C=O) groups is 1. The number of hydrogen-bond donors (Lipinski definition) is 2. The number of hydroxylamine groups is 1. The van der Waals surface area contributed by atoms with Crippen molar-refractivity contribution in [3.05, 3.63) is 72.6 Å². The summed E-state index contributed by atoms with van der Waals surface area (Å²) in [6, 6.07) is 8.87. The number of carbonyl (C=O) groups excluding carboxylic acids is 1. The number of likely N-dealkylation sites (N-methyl/N-ethyl adjacent to an activating group) is 1. The van der Waals surface area contributed by atoms with Crippen molar-refractivity contribution in [3.63, 3.8) is 0 Å². The third kappa shape index (κ3) is 6.23. The second-order valence-corrected chi connectivity index (χ2v) is 9.71. The normalized spacial score (nSPS) is 17.4. The molecule has 1 amide bonds. The summed E-state index contributed by atoms with van der Waals surface area (Å²) in [5.74, 6) is -0.696. The minimum absolute atomic E-state index is 0.326. The van der Waals surface area contributed by atoms with Gasteiger partial charge in [0, 0.05) is 44.7 Å². The van der Waals surface area contributed by atoms with Crippen LogP contribution in [0, 0.1) is 11.6 Å². The highest BCUT2D eigenvalue weighted by atomic mass is 19.2. The van der Waals surface area contributed by atoms with Crippen molar-refractivity contribution in [2.75, 3.05) is 67.0 Å². The summed E-state index contributed by atoms with van der Waals surface area (Å²) in [6.45, 7) is 10.6. The fourth-order valence-electron chi connectivity index (χ4n) is 5.08. The van der Waals surface area contributed by atoms with Crippen molar-refractivity contribution >= 4 is 34.6 Å². The number of nitrogens with zero attached hydrogens (tertiary/aromatic N) is 5. The van der Waals surface area contributed by atoms with Crippen molar-refractivity contribution in [3.8, 4) is 5.75 Å². The van der Waals surface area contributed by atoms with Gasteiger partial charge in [0.15, 0.2) is 17.5 Å². The van der Waals surface area contributed by atoms with E-state index in [1.807, 2.05) is 6.07 Å². The first-order chi connectivity index (χ1) is 19.9. The topological polar surface area (TPSA) is 95.1 Å². The van der Waals surface area contributed by atoms with Gasteiger partial charge in [0.2, 0.25) is 5.91 Å². The Kier molecular flexibility index (Phi) is 8.60. The van der Waals surface area contributed by atoms with Crippen LogP contribution >= 0.6 is 0 Å². The molecule has 1 unspecified atom stereocenters. The van der Waals surface area contributed by atoms with Crippen LogP contribution in [0.4, 0.5) is 37.5 Å². The summed E-state index contributed by atoms with van der Waals surface area (Å²) >= 11 is 0. The summed E-state index contributed by atoms with van der Waals surface area (Å²) in [7, 11) is 1.58. The van der Waals surface area contributed by atoms with Crippen molar-refractivity contribution in [1.29, 1.82) is 0 Å². The summed E-state index contributed by atoms with van der Waals surface area (Å²) < 4.78 is 33.2. The first-order valence-electron chi connectivity index (χ1n) is 13.5. The van der Waals surface area contributed by atoms with E-state index in [1.165, 1.54) is 18.5 Å². The molecule has 0 radical (unpaired) electrons. The molecule has 2 saturated heterocycles. The molecule has 0 aliphatic carbocycles. The zero-order valence-corrected chi connectivity index (χ0v) is 23.1. The number of aromatic nitrogens is 2. The van der Waals surface area contributed by atoms with Gasteiger partial charge >= 0.3 is 0 Å². The molecular weight excluding hydrogens is 532 g/mol. The Morgan fingerprint density at radius 2 is 1.93 bits per heavy atom. The van der Waals surface area contributed by atoms with Crippen molar-refractivity contribution in [2.24, 2.45) is 0 Å². The van der Waals surface area contributed by atoms with Gasteiger partial charge in [-0.15, -0.1) is 0 Å². The molecule has 10 nitrogen and oxygen atoms in total. The van der Waals surface area contributed by atoms with Crippen LogP contribution in [-0.2, 0) is 9.63 Å². The van der Waals surface area contributed by atoms with Crippen LogP contribution < -0.4 is 25.3 Å². The zero-order valence-electron chi connectivity index (χ0n) is 23.1. The minimum atomic E-state index is -0.915. The van der Waals surface area contributed by atoms with Gasteiger partial charge in [0.25, 0.3) is 0 Å². The number of halogens is 2. The lowest BCUT2D eigenvalue weighted by Gasteiger charge is -2.36. The van der Waals surface area contributed by atoms with E-state index in [0.717, 1.165) is 44.5 Å². The molecule has 216 valence electrons. The van der Waals surface area contributed by atoms with E-state index in [9.17, 15) is 13.6 Å².